The number of carboxylic acids is 2. The van der Waals surface area contributed by atoms with Crippen LogP contribution in [0.5, 0.6) is 0 Å². The van der Waals surface area contributed by atoms with Crippen LogP contribution >= 0.6 is 15.2 Å². The average molecular weight is 321 g/mol. The maximum absolute atomic E-state index is 11.1. The lowest BCUT2D eigenvalue weighted by molar-refractivity contribution is -0.142. The average Bonchev–Trinajstić information content (AvgIpc) is 2.08. The Kier molecular flexibility index (Phi) is 6.30. The van der Waals surface area contributed by atoms with Gasteiger partial charge in [-0.2, -0.15) is 0 Å². The molecule has 112 valence electrons. The molecule has 11 nitrogen and oxygen atoms in total. The van der Waals surface area contributed by atoms with Crippen LogP contribution in [-0.4, -0.2) is 71.7 Å². The summed E-state index contributed by atoms with van der Waals surface area (Å²) >= 11 is 0. The van der Waals surface area contributed by atoms with Crippen molar-refractivity contribution < 1.29 is 48.5 Å². The quantitative estimate of drug-likeness (QED) is 0.274. The van der Waals surface area contributed by atoms with Crippen molar-refractivity contribution in [2.45, 2.75) is 5.78 Å². The molecular formula is C6H13NO10P2. The van der Waals surface area contributed by atoms with Crippen LogP contribution in [0, 0.1) is 0 Å². The third-order valence-corrected chi connectivity index (χ3v) is 4.28. The summed E-state index contributed by atoms with van der Waals surface area (Å²) in [6, 6.07) is 0. The van der Waals surface area contributed by atoms with Gasteiger partial charge < -0.3 is 29.8 Å². The largest absolute Gasteiger partial charge is 0.480 e. The molecule has 0 amide bonds. The van der Waals surface area contributed by atoms with E-state index in [0.29, 0.717) is 4.90 Å². The van der Waals surface area contributed by atoms with Crippen LogP contribution < -0.4 is 0 Å². The zero-order valence-corrected chi connectivity index (χ0v) is 11.1. The molecule has 0 radical (unpaired) electrons. The molecule has 0 aliphatic heterocycles. The number of carbonyl (C=O) groups is 2. The Balaban J connectivity index is 5.35. The molecule has 13 heteroatoms. The number of rotatable bonds is 8. The van der Waals surface area contributed by atoms with E-state index in [4.69, 9.17) is 29.8 Å². The summed E-state index contributed by atoms with van der Waals surface area (Å²) in [6.45, 7) is -2.16. The summed E-state index contributed by atoms with van der Waals surface area (Å²) in [4.78, 5) is 56.7. The van der Waals surface area contributed by atoms with Gasteiger partial charge in [0.05, 0.1) is 19.3 Å². The van der Waals surface area contributed by atoms with Crippen molar-refractivity contribution in [2.24, 2.45) is 0 Å². The van der Waals surface area contributed by atoms with Crippen LogP contribution in [0.4, 0.5) is 0 Å². The van der Waals surface area contributed by atoms with Crippen LogP contribution in [0.15, 0.2) is 0 Å². The van der Waals surface area contributed by atoms with Crippen molar-refractivity contribution in [3.8, 4) is 0 Å². The van der Waals surface area contributed by atoms with E-state index in [1.165, 1.54) is 0 Å². The fourth-order valence-electron chi connectivity index (χ4n) is 1.26. The molecule has 1 atom stereocenters. The van der Waals surface area contributed by atoms with Gasteiger partial charge in [-0.1, -0.05) is 0 Å². The molecular weight excluding hydrogens is 308 g/mol. The molecule has 0 aromatic carbocycles. The van der Waals surface area contributed by atoms with Gasteiger partial charge in [0.1, 0.15) is 5.78 Å². The van der Waals surface area contributed by atoms with Gasteiger partial charge >= 0.3 is 27.1 Å². The van der Waals surface area contributed by atoms with Crippen molar-refractivity contribution >= 4 is 27.1 Å². The number of nitrogens with zero attached hydrogens (tertiary/aromatic N) is 1. The van der Waals surface area contributed by atoms with Gasteiger partial charge in [0.15, 0.2) is 0 Å². The van der Waals surface area contributed by atoms with Gasteiger partial charge in [-0.05, 0) is 0 Å². The minimum atomic E-state index is -5.13. The Hall–Kier alpha value is -0.800. The minimum Gasteiger partial charge on any atom is -0.480 e. The molecule has 1 unspecified atom stereocenters. The second kappa shape index (κ2) is 6.58. The predicted molar refractivity (Wildman–Crippen MR) is 59.6 cm³/mol. The molecule has 19 heavy (non-hydrogen) atoms. The highest BCUT2D eigenvalue weighted by atomic mass is 31.2. The zero-order chi connectivity index (χ0) is 15.4. The fourth-order valence-corrected chi connectivity index (χ4v) is 4.00. The molecule has 0 spiro atoms. The van der Waals surface area contributed by atoms with E-state index in [1.807, 2.05) is 0 Å². The molecule has 0 bridgehead atoms. The SMILES string of the molecule is O=C(O)CN(CC(=O)O)C(CP(=O)(O)O)P(=O)(O)O. The third-order valence-electron chi connectivity index (χ3n) is 1.89. The highest BCUT2D eigenvalue weighted by molar-refractivity contribution is 7.56. The normalized spacial score (nSPS) is 14.4. The second-order valence-electron chi connectivity index (χ2n) is 3.61. The van der Waals surface area contributed by atoms with Gasteiger partial charge in [0, 0.05) is 0 Å². The maximum Gasteiger partial charge on any atom is 0.343 e. The van der Waals surface area contributed by atoms with E-state index in [9.17, 15) is 18.7 Å². The van der Waals surface area contributed by atoms with E-state index >= 15 is 0 Å². The van der Waals surface area contributed by atoms with Crippen LogP contribution in [-0.2, 0) is 18.7 Å². The smallest absolute Gasteiger partial charge is 0.343 e. The summed E-state index contributed by atoms with van der Waals surface area (Å²) < 4.78 is 21.9. The minimum absolute atomic E-state index is 0.296. The van der Waals surface area contributed by atoms with Crippen LogP contribution in [0.1, 0.15) is 0 Å². The van der Waals surface area contributed by atoms with Gasteiger partial charge in [0.2, 0.25) is 0 Å². The molecule has 0 heterocycles. The monoisotopic (exact) mass is 321 g/mol. The van der Waals surface area contributed by atoms with Gasteiger partial charge in [0.25, 0.3) is 0 Å². The number of hydrogen-bond donors (Lipinski definition) is 6. The third kappa shape index (κ3) is 8.06. The lowest BCUT2D eigenvalue weighted by Crippen LogP contribution is -2.44. The highest BCUT2D eigenvalue weighted by Crippen LogP contribution is 2.50. The van der Waals surface area contributed by atoms with Crippen molar-refractivity contribution in [3.05, 3.63) is 0 Å². The molecule has 0 saturated carbocycles. The van der Waals surface area contributed by atoms with Gasteiger partial charge in [-0.3, -0.25) is 23.6 Å². The summed E-state index contributed by atoms with van der Waals surface area (Å²) in [5.74, 6) is -5.38. The maximum atomic E-state index is 11.1. The summed E-state index contributed by atoms with van der Waals surface area (Å²) in [5.41, 5.74) is 0. The highest BCUT2D eigenvalue weighted by Gasteiger charge is 2.40. The topological polar surface area (TPSA) is 193 Å². The number of hydrogen-bond acceptors (Lipinski definition) is 5. The Morgan fingerprint density at radius 3 is 1.53 bits per heavy atom. The molecule has 0 fully saturated rings. The molecule has 6 N–H and O–H groups in total. The summed E-state index contributed by atoms with van der Waals surface area (Å²) in [5, 5.41) is 17.1. The molecule has 0 rings (SSSR count). The number of aliphatic carboxylic acids is 2. The van der Waals surface area contributed by atoms with E-state index < -0.39 is 52.2 Å². The fraction of sp³-hybridized carbons (Fsp3) is 0.667. The van der Waals surface area contributed by atoms with Crippen molar-refractivity contribution in [1.29, 1.82) is 0 Å². The van der Waals surface area contributed by atoms with Crippen LogP contribution in [0.25, 0.3) is 0 Å². The molecule has 0 aliphatic rings. The van der Waals surface area contributed by atoms with Crippen LogP contribution in [0.3, 0.4) is 0 Å². The van der Waals surface area contributed by atoms with Gasteiger partial charge in [-0.15, -0.1) is 0 Å². The Morgan fingerprint density at radius 2 is 1.32 bits per heavy atom. The van der Waals surface area contributed by atoms with Crippen LogP contribution in [0.2, 0.25) is 0 Å². The molecule has 0 aromatic heterocycles. The Labute approximate surface area is 106 Å². The van der Waals surface area contributed by atoms with E-state index in [2.05, 4.69) is 0 Å². The standard InChI is InChI=1S/C6H13NO10P2/c8-5(9)1-7(2-6(10)11)4(19(15,16)17)3-18(12,13)14/h4H,1-3H2,(H,8,9)(H,10,11)(H2,12,13,14)(H2,15,16,17). The number of carboxylic acid groups (broad SMARTS) is 2. The molecule has 0 saturated heterocycles. The second-order valence-corrected chi connectivity index (χ2v) is 7.08. The summed E-state index contributed by atoms with van der Waals surface area (Å²) in [6.07, 6.45) is -1.35. The van der Waals surface area contributed by atoms with E-state index in [1.54, 1.807) is 0 Å². The lowest BCUT2D eigenvalue weighted by atomic mass is 10.4. The Bertz CT molecular complexity index is 421. The van der Waals surface area contributed by atoms with Crippen molar-refractivity contribution in [1.82, 2.24) is 4.90 Å². The van der Waals surface area contributed by atoms with Crippen molar-refractivity contribution in [2.75, 3.05) is 19.3 Å². The zero-order valence-electron chi connectivity index (χ0n) is 9.36. The molecule has 0 aromatic rings. The van der Waals surface area contributed by atoms with E-state index in [0.717, 1.165) is 0 Å². The van der Waals surface area contributed by atoms with Crippen molar-refractivity contribution in [3.63, 3.8) is 0 Å². The Morgan fingerprint density at radius 1 is 0.947 bits per heavy atom. The predicted octanol–water partition coefficient (Wildman–Crippen LogP) is -1.86. The lowest BCUT2D eigenvalue weighted by Gasteiger charge is -2.29. The first-order chi connectivity index (χ1) is 8.33. The molecule has 0 aliphatic carbocycles. The first-order valence-electron chi connectivity index (χ1n) is 4.60. The van der Waals surface area contributed by atoms with Gasteiger partial charge in [-0.25, -0.2) is 0 Å². The summed E-state index contributed by atoms with van der Waals surface area (Å²) in [7, 11) is -10.0. The first-order valence-corrected chi connectivity index (χ1v) is 8.08. The first kappa shape index (κ1) is 18.2. The van der Waals surface area contributed by atoms with E-state index in [-0.39, 0.29) is 0 Å².